The van der Waals surface area contributed by atoms with E-state index in [4.69, 9.17) is 16.6 Å². The molecule has 2 aromatic heterocycles. The molecule has 3 nitrogen and oxygen atoms in total. The Balaban J connectivity index is 2.13. The molecule has 3 rings (SSSR count). The van der Waals surface area contributed by atoms with Crippen molar-refractivity contribution in [2.24, 2.45) is 0 Å². The van der Waals surface area contributed by atoms with Gasteiger partial charge in [0.1, 0.15) is 11.3 Å². The summed E-state index contributed by atoms with van der Waals surface area (Å²) in [5.41, 5.74) is 3.17. The Morgan fingerprint density at radius 2 is 2.25 bits per heavy atom. The van der Waals surface area contributed by atoms with Crippen LogP contribution in [-0.4, -0.2) is 26.0 Å². The van der Waals surface area contributed by atoms with Crippen LogP contribution in [0.15, 0.2) is 12.3 Å². The molecule has 0 amide bonds. The topological polar surface area (TPSA) is 30.7 Å². The minimum Gasteiger partial charge on any atom is -0.308 e. The summed E-state index contributed by atoms with van der Waals surface area (Å²) in [6.07, 6.45) is 7.74. The molecule has 0 aliphatic heterocycles. The lowest BCUT2D eigenvalue weighted by molar-refractivity contribution is 0.508. The lowest BCUT2D eigenvalue weighted by atomic mass is 10.2. The standard InChI is InChI=1S/C15H20ClN3S/c1-9-6-7-17-15-13(9)18-14(10(2)16)19(15)11-4-5-12(8-11)20-3/h6-7,10-12H,4-5,8H2,1-3H3. The van der Waals surface area contributed by atoms with E-state index in [9.17, 15) is 0 Å². The SMILES string of the molecule is CSC1CCC(n2c(C(C)Cl)nc3c(C)ccnc32)C1. The summed E-state index contributed by atoms with van der Waals surface area (Å²) in [5, 5.41) is 0.665. The summed E-state index contributed by atoms with van der Waals surface area (Å²) in [5.74, 6) is 0.968. The molecule has 1 aliphatic rings. The third-order valence-electron chi connectivity index (χ3n) is 4.22. The first-order valence-corrected chi connectivity index (χ1v) is 8.84. The number of fused-ring (bicyclic) bond motifs is 1. The number of aromatic nitrogens is 3. The lowest BCUT2D eigenvalue weighted by Crippen LogP contribution is -2.11. The van der Waals surface area contributed by atoms with Crippen molar-refractivity contribution >= 4 is 34.5 Å². The Labute approximate surface area is 129 Å². The average Bonchev–Trinajstić information content (AvgIpc) is 3.02. The van der Waals surface area contributed by atoms with Crippen molar-refractivity contribution in [1.82, 2.24) is 14.5 Å². The number of rotatable bonds is 3. The molecular formula is C15H20ClN3S. The molecular weight excluding hydrogens is 290 g/mol. The number of nitrogens with zero attached hydrogens (tertiary/aromatic N) is 3. The quantitative estimate of drug-likeness (QED) is 0.782. The zero-order valence-corrected chi connectivity index (χ0v) is 13.7. The summed E-state index contributed by atoms with van der Waals surface area (Å²) >= 11 is 8.33. The molecule has 2 heterocycles. The highest BCUT2D eigenvalue weighted by molar-refractivity contribution is 7.99. The molecule has 0 aromatic carbocycles. The summed E-state index contributed by atoms with van der Waals surface area (Å²) < 4.78 is 2.30. The molecule has 2 aromatic rings. The minimum absolute atomic E-state index is 0.0862. The predicted molar refractivity (Wildman–Crippen MR) is 86.7 cm³/mol. The molecule has 1 fully saturated rings. The maximum absolute atomic E-state index is 6.36. The van der Waals surface area contributed by atoms with Gasteiger partial charge in [-0.25, -0.2) is 9.97 Å². The fourth-order valence-corrected chi connectivity index (χ4v) is 4.07. The third kappa shape index (κ3) is 2.33. The van der Waals surface area contributed by atoms with Gasteiger partial charge in [-0.05, 0) is 51.0 Å². The maximum Gasteiger partial charge on any atom is 0.160 e. The van der Waals surface area contributed by atoms with E-state index in [0.717, 1.165) is 22.2 Å². The lowest BCUT2D eigenvalue weighted by Gasteiger charge is -2.17. The van der Waals surface area contributed by atoms with Crippen LogP contribution in [0.3, 0.4) is 0 Å². The second kappa shape index (κ2) is 5.57. The summed E-state index contributed by atoms with van der Waals surface area (Å²) in [6.45, 7) is 4.08. The van der Waals surface area contributed by atoms with E-state index in [2.05, 4.69) is 22.7 Å². The van der Waals surface area contributed by atoms with E-state index >= 15 is 0 Å². The minimum atomic E-state index is -0.0862. The Bertz CT molecular complexity index is 623. The van der Waals surface area contributed by atoms with E-state index in [1.165, 1.54) is 24.8 Å². The highest BCUT2D eigenvalue weighted by atomic mass is 35.5. The van der Waals surface area contributed by atoms with Crippen LogP contribution >= 0.6 is 23.4 Å². The van der Waals surface area contributed by atoms with Gasteiger partial charge in [-0.15, -0.1) is 11.6 Å². The van der Waals surface area contributed by atoms with Gasteiger partial charge in [0.05, 0.1) is 5.38 Å². The van der Waals surface area contributed by atoms with Crippen molar-refractivity contribution in [1.29, 1.82) is 0 Å². The van der Waals surface area contributed by atoms with Gasteiger partial charge in [0, 0.05) is 17.5 Å². The molecule has 3 atom stereocenters. The zero-order chi connectivity index (χ0) is 14.3. The zero-order valence-electron chi connectivity index (χ0n) is 12.1. The van der Waals surface area contributed by atoms with Crippen LogP contribution in [0, 0.1) is 6.92 Å². The number of hydrogen-bond donors (Lipinski definition) is 0. The average molecular weight is 310 g/mol. The van der Waals surface area contributed by atoms with Gasteiger partial charge >= 0.3 is 0 Å². The van der Waals surface area contributed by atoms with Gasteiger partial charge in [0.2, 0.25) is 0 Å². The van der Waals surface area contributed by atoms with Crippen molar-refractivity contribution in [2.45, 2.75) is 49.8 Å². The molecule has 108 valence electrons. The predicted octanol–water partition coefficient (Wildman–Crippen LogP) is 4.50. The second-order valence-electron chi connectivity index (χ2n) is 5.58. The van der Waals surface area contributed by atoms with Gasteiger partial charge in [-0.3, -0.25) is 0 Å². The highest BCUT2D eigenvalue weighted by Crippen LogP contribution is 2.40. The van der Waals surface area contributed by atoms with Crippen molar-refractivity contribution in [2.75, 3.05) is 6.26 Å². The number of thioether (sulfide) groups is 1. The van der Waals surface area contributed by atoms with Crippen LogP contribution in [0.2, 0.25) is 0 Å². The number of pyridine rings is 1. The first kappa shape index (κ1) is 14.2. The number of imidazole rings is 1. The number of halogens is 1. The van der Waals surface area contributed by atoms with E-state index in [1.54, 1.807) is 0 Å². The fraction of sp³-hybridized carbons (Fsp3) is 0.600. The highest BCUT2D eigenvalue weighted by Gasteiger charge is 2.30. The Hall–Kier alpha value is -0.740. The molecule has 0 saturated heterocycles. The van der Waals surface area contributed by atoms with Gasteiger partial charge in [0.15, 0.2) is 5.65 Å². The largest absolute Gasteiger partial charge is 0.308 e. The number of aryl methyl sites for hydroxylation is 1. The smallest absolute Gasteiger partial charge is 0.160 e. The molecule has 0 radical (unpaired) electrons. The van der Waals surface area contributed by atoms with E-state index < -0.39 is 0 Å². The van der Waals surface area contributed by atoms with E-state index in [1.807, 2.05) is 30.9 Å². The molecule has 0 bridgehead atoms. The summed E-state index contributed by atoms with van der Waals surface area (Å²) in [4.78, 5) is 9.34. The van der Waals surface area contributed by atoms with Crippen LogP contribution in [-0.2, 0) is 0 Å². The molecule has 0 N–H and O–H groups in total. The van der Waals surface area contributed by atoms with Crippen molar-refractivity contribution < 1.29 is 0 Å². The Kier molecular flexibility index (Phi) is 3.95. The van der Waals surface area contributed by atoms with E-state index in [0.29, 0.717) is 6.04 Å². The monoisotopic (exact) mass is 309 g/mol. The van der Waals surface area contributed by atoms with E-state index in [-0.39, 0.29) is 5.38 Å². The van der Waals surface area contributed by atoms with Crippen molar-refractivity contribution in [3.8, 4) is 0 Å². The normalized spacial score (nSPS) is 24.4. The third-order valence-corrected chi connectivity index (χ3v) is 5.51. The molecule has 20 heavy (non-hydrogen) atoms. The molecule has 1 aliphatic carbocycles. The number of alkyl halides is 1. The van der Waals surface area contributed by atoms with Crippen LogP contribution in [0.4, 0.5) is 0 Å². The van der Waals surface area contributed by atoms with Crippen molar-refractivity contribution in [3.63, 3.8) is 0 Å². The molecule has 5 heteroatoms. The Morgan fingerprint density at radius 3 is 2.90 bits per heavy atom. The Morgan fingerprint density at radius 1 is 1.45 bits per heavy atom. The molecule has 3 unspecified atom stereocenters. The fourth-order valence-electron chi connectivity index (χ4n) is 3.13. The van der Waals surface area contributed by atoms with Gasteiger partial charge in [-0.1, -0.05) is 0 Å². The molecule has 0 spiro atoms. The number of hydrogen-bond acceptors (Lipinski definition) is 3. The van der Waals surface area contributed by atoms with Gasteiger partial charge in [-0.2, -0.15) is 11.8 Å². The van der Waals surface area contributed by atoms with Crippen LogP contribution in [0.1, 0.15) is 49.0 Å². The summed E-state index contributed by atoms with van der Waals surface area (Å²) in [6, 6.07) is 2.50. The van der Waals surface area contributed by atoms with Crippen molar-refractivity contribution in [3.05, 3.63) is 23.7 Å². The van der Waals surface area contributed by atoms with Crippen LogP contribution < -0.4 is 0 Å². The van der Waals surface area contributed by atoms with Gasteiger partial charge in [0.25, 0.3) is 0 Å². The van der Waals surface area contributed by atoms with Crippen LogP contribution in [0.25, 0.3) is 11.2 Å². The summed E-state index contributed by atoms with van der Waals surface area (Å²) in [7, 11) is 0. The first-order chi connectivity index (χ1) is 9.61. The first-order valence-electron chi connectivity index (χ1n) is 7.12. The molecule has 1 saturated carbocycles. The van der Waals surface area contributed by atoms with Crippen LogP contribution in [0.5, 0.6) is 0 Å². The van der Waals surface area contributed by atoms with Gasteiger partial charge < -0.3 is 4.57 Å². The maximum atomic E-state index is 6.36. The second-order valence-corrected chi connectivity index (χ2v) is 7.37.